The zero-order chi connectivity index (χ0) is 17.0. The van der Waals surface area contributed by atoms with Crippen molar-refractivity contribution in [1.29, 1.82) is 0 Å². The fraction of sp³-hybridized carbons (Fsp3) is 0.778. The second-order valence-electron chi connectivity index (χ2n) is 7.62. The van der Waals surface area contributed by atoms with Crippen LogP contribution < -0.4 is 10.6 Å². The monoisotopic (exact) mass is 335 g/mol. The first-order chi connectivity index (χ1) is 11.6. The highest BCUT2D eigenvalue weighted by molar-refractivity contribution is 5.83. The van der Waals surface area contributed by atoms with Gasteiger partial charge in [0.25, 0.3) is 0 Å². The van der Waals surface area contributed by atoms with Crippen molar-refractivity contribution >= 4 is 5.91 Å². The number of nitrogens with zero attached hydrogens (tertiary/aromatic N) is 1. The summed E-state index contributed by atoms with van der Waals surface area (Å²) in [5.41, 5.74) is 0.528. The van der Waals surface area contributed by atoms with E-state index in [2.05, 4.69) is 29.6 Å². The molecule has 6 nitrogen and oxygen atoms in total. The lowest BCUT2D eigenvalue weighted by Crippen LogP contribution is -2.52. The molecule has 1 aromatic heterocycles. The standard InChI is InChI=1S/C18H29N3O3/c1-13(2)10-20-17(22)18(5-3-6-19-12-18)9-15-8-16(21-24-15)14-4-7-23-11-14/h8,13-14,19H,3-7,9-12H2,1-2H3,(H,20,22)/t14-,18-/m0/s1. The van der Waals surface area contributed by atoms with E-state index in [1.165, 1.54) is 0 Å². The minimum absolute atomic E-state index is 0.130. The van der Waals surface area contributed by atoms with Crippen LogP contribution >= 0.6 is 0 Å². The van der Waals surface area contributed by atoms with Gasteiger partial charge in [0.15, 0.2) is 0 Å². The first-order valence-corrected chi connectivity index (χ1v) is 9.11. The third-order valence-corrected chi connectivity index (χ3v) is 5.06. The number of rotatable bonds is 6. The Bertz CT molecular complexity index is 543. The number of amides is 1. The predicted octanol–water partition coefficient (Wildman–Crippen LogP) is 1.86. The Morgan fingerprint density at radius 3 is 3.08 bits per heavy atom. The Morgan fingerprint density at radius 1 is 1.54 bits per heavy atom. The molecule has 0 unspecified atom stereocenters. The van der Waals surface area contributed by atoms with Gasteiger partial charge in [-0.25, -0.2) is 0 Å². The average Bonchev–Trinajstić information content (AvgIpc) is 3.24. The van der Waals surface area contributed by atoms with E-state index in [-0.39, 0.29) is 5.91 Å². The number of hydrogen-bond acceptors (Lipinski definition) is 5. The van der Waals surface area contributed by atoms with Crippen LogP contribution in [0, 0.1) is 11.3 Å². The molecule has 0 spiro atoms. The molecule has 2 fully saturated rings. The first kappa shape index (κ1) is 17.4. The van der Waals surface area contributed by atoms with Crippen LogP contribution in [0.15, 0.2) is 10.6 Å². The fourth-order valence-corrected chi connectivity index (χ4v) is 3.58. The molecule has 0 radical (unpaired) electrons. The SMILES string of the molecule is CC(C)CNC(=O)[C@]1(Cc2cc([C@H]3CCOC3)no2)CCCNC1. The molecular formula is C18H29N3O3. The van der Waals surface area contributed by atoms with Crippen LogP contribution in [0.2, 0.25) is 0 Å². The van der Waals surface area contributed by atoms with Crippen molar-refractivity contribution in [2.75, 3.05) is 32.8 Å². The molecule has 3 rings (SSSR count). The van der Waals surface area contributed by atoms with Crippen molar-refractivity contribution in [3.63, 3.8) is 0 Å². The number of nitrogens with one attached hydrogen (secondary N) is 2. The lowest BCUT2D eigenvalue weighted by molar-refractivity contribution is -0.132. The molecule has 3 heterocycles. The van der Waals surface area contributed by atoms with E-state index in [4.69, 9.17) is 9.26 Å². The Hall–Kier alpha value is -1.40. The predicted molar refractivity (Wildman–Crippen MR) is 90.8 cm³/mol. The summed E-state index contributed by atoms with van der Waals surface area (Å²) in [5.74, 6) is 1.71. The van der Waals surface area contributed by atoms with Crippen LogP contribution in [-0.4, -0.2) is 43.9 Å². The third kappa shape index (κ3) is 3.98. The summed E-state index contributed by atoms with van der Waals surface area (Å²) >= 11 is 0. The van der Waals surface area contributed by atoms with Crippen LogP contribution in [0.25, 0.3) is 0 Å². The second kappa shape index (κ2) is 7.66. The van der Waals surface area contributed by atoms with Gasteiger partial charge in [0.1, 0.15) is 5.76 Å². The molecule has 2 saturated heterocycles. The third-order valence-electron chi connectivity index (χ3n) is 5.06. The topological polar surface area (TPSA) is 76.4 Å². The average molecular weight is 335 g/mol. The molecule has 6 heteroatoms. The maximum Gasteiger partial charge on any atom is 0.227 e. The van der Waals surface area contributed by atoms with Gasteiger partial charge in [-0.15, -0.1) is 0 Å². The van der Waals surface area contributed by atoms with Gasteiger partial charge in [-0.05, 0) is 31.7 Å². The van der Waals surface area contributed by atoms with Crippen molar-refractivity contribution < 1.29 is 14.1 Å². The molecule has 0 bridgehead atoms. The van der Waals surface area contributed by atoms with Crippen LogP contribution in [0.4, 0.5) is 0 Å². The highest BCUT2D eigenvalue weighted by Crippen LogP contribution is 2.33. The molecular weight excluding hydrogens is 306 g/mol. The zero-order valence-electron chi connectivity index (χ0n) is 14.8. The Kier molecular flexibility index (Phi) is 5.56. The van der Waals surface area contributed by atoms with E-state index >= 15 is 0 Å². The van der Waals surface area contributed by atoms with Crippen LogP contribution in [0.3, 0.4) is 0 Å². The lowest BCUT2D eigenvalue weighted by Gasteiger charge is -2.35. The van der Waals surface area contributed by atoms with Crippen molar-refractivity contribution in [1.82, 2.24) is 15.8 Å². The van der Waals surface area contributed by atoms with Crippen molar-refractivity contribution in [3.8, 4) is 0 Å². The molecule has 0 aliphatic carbocycles. The van der Waals surface area contributed by atoms with Gasteiger partial charge in [-0.1, -0.05) is 19.0 Å². The molecule has 1 aromatic rings. The van der Waals surface area contributed by atoms with Gasteiger partial charge >= 0.3 is 0 Å². The van der Waals surface area contributed by atoms with E-state index in [0.29, 0.717) is 38.0 Å². The quantitative estimate of drug-likeness (QED) is 0.830. The van der Waals surface area contributed by atoms with Gasteiger partial charge in [0, 0.05) is 38.1 Å². The van der Waals surface area contributed by atoms with Crippen molar-refractivity contribution in [2.45, 2.75) is 45.4 Å². The van der Waals surface area contributed by atoms with Gasteiger partial charge in [0.2, 0.25) is 5.91 Å². The summed E-state index contributed by atoms with van der Waals surface area (Å²) in [6, 6.07) is 2.02. The zero-order valence-corrected chi connectivity index (χ0v) is 14.8. The van der Waals surface area contributed by atoms with Crippen LogP contribution in [0.1, 0.15) is 50.5 Å². The molecule has 24 heavy (non-hydrogen) atoms. The largest absolute Gasteiger partial charge is 0.381 e. The Morgan fingerprint density at radius 2 is 2.42 bits per heavy atom. The normalized spacial score (nSPS) is 27.5. The number of carbonyl (C=O) groups is 1. The van der Waals surface area contributed by atoms with E-state index < -0.39 is 5.41 Å². The first-order valence-electron chi connectivity index (χ1n) is 9.11. The summed E-state index contributed by atoms with van der Waals surface area (Å²) in [7, 11) is 0. The molecule has 2 N–H and O–H groups in total. The molecule has 2 atom stereocenters. The maximum absolute atomic E-state index is 12.9. The number of ether oxygens (including phenoxy) is 1. The number of carbonyl (C=O) groups excluding carboxylic acids is 1. The molecule has 1 amide bonds. The van der Waals surface area contributed by atoms with Gasteiger partial charge in [-0.3, -0.25) is 4.79 Å². The lowest BCUT2D eigenvalue weighted by atomic mass is 9.76. The highest BCUT2D eigenvalue weighted by Gasteiger charge is 2.41. The highest BCUT2D eigenvalue weighted by atomic mass is 16.5. The summed E-state index contributed by atoms with van der Waals surface area (Å²) in [6.07, 6.45) is 3.48. The van der Waals surface area contributed by atoms with Gasteiger partial charge in [0.05, 0.1) is 17.7 Å². The summed E-state index contributed by atoms with van der Waals surface area (Å²) in [5, 5.41) is 10.7. The summed E-state index contributed by atoms with van der Waals surface area (Å²) in [6.45, 7) is 8.10. The summed E-state index contributed by atoms with van der Waals surface area (Å²) < 4.78 is 11.0. The van der Waals surface area contributed by atoms with Crippen molar-refractivity contribution in [2.24, 2.45) is 11.3 Å². The molecule has 134 valence electrons. The Labute approximate surface area is 143 Å². The molecule has 2 aliphatic heterocycles. The minimum atomic E-state index is -0.434. The summed E-state index contributed by atoms with van der Waals surface area (Å²) in [4.78, 5) is 12.9. The smallest absolute Gasteiger partial charge is 0.227 e. The van der Waals surface area contributed by atoms with E-state index in [1.54, 1.807) is 0 Å². The van der Waals surface area contributed by atoms with E-state index in [0.717, 1.165) is 43.9 Å². The van der Waals surface area contributed by atoms with Gasteiger partial charge in [-0.2, -0.15) is 0 Å². The molecule has 2 aliphatic rings. The van der Waals surface area contributed by atoms with Crippen LogP contribution in [-0.2, 0) is 16.0 Å². The minimum Gasteiger partial charge on any atom is -0.381 e. The number of hydrogen-bond donors (Lipinski definition) is 2. The van der Waals surface area contributed by atoms with E-state index in [9.17, 15) is 4.79 Å². The van der Waals surface area contributed by atoms with Crippen LogP contribution in [0.5, 0.6) is 0 Å². The maximum atomic E-state index is 12.9. The fourth-order valence-electron chi connectivity index (χ4n) is 3.58. The van der Waals surface area contributed by atoms with Gasteiger partial charge < -0.3 is 19.9 Å². The number of piperidine rings is 1. The van der Waals surface area contributed by atoms with Crippen molar-refractivity contribution in [3.05, 3.63) is 17.5 Å². The molecule has 0 aromatic carbocycles. The number of aromatic nitrogens is 1. The Balaban J connectivity index is 1.70. The van der Waals surface area contributed by atoms with E-state index in [1.807, 2.05) is 6.07 Å². The molecule has 0 saturated carbocycles. The second-order valence-corrected chi connectivity index (χ2v) is 7.62.